The zero-order valence-electron chi connectivity index (χ0n) is 13.6. The third-order valence-corrected chi connectivity index (χ3v) is 4.09. The van der Waals surface area contributed by atoms with Crippen LogP contribution in [0.15, 0.2) is 48.8 Å². The first-order valence-corrected chi connectivity index (χ1v) is 8.09. The van der Waals surface area contributed by atoms with E-state index in [0.717, 1.165) is 24.7 Å². The Morgan fingerprint density at radius 1 is 1.28 bits per heavy atom. The monoisotopic (exact) mass is 341 g/mol. The molecule has 0 spiro atoms. The molecule has 2 heterocycles. The number of urea groups is 1. The van der Waals surface area contributed by atoms with Gasteiger partial charge in [0.15, 0.2) is 0 Å². The SMILES string of the molecule is O=C(Nc1ccncc1[N+](=O)[O-])N1CCCC(Nc2ccccc2)C1. The highest BCUT2D eigenvalue weighted by Crippen LogP contribution is 2.23. The molecule has 2 N–H and O–H groups in total. The third-order valence-electron chi connectivity index (χ3n) is 4.09. The van der Waals surface area contributed by atoms with Crippen LogP contribution in [0.3, 0.4) is 0 Å². The molecule has 2 amide bonds. The number of hydrogen-bond donors (Lipinski definition) is 2. The summed E-state index contributed by atoms with van der Waals surface area (Å²) in [5.74, 6) is 0. The molecule has 1 fully saturated rings. The van der Waals surface area contributed by atoms with Gasteiger partial charge >= 0.3 is 11.7 Å². The van der Waals surface area contributed by atoms with Gasteiger partial charge in [0.1, 0.15) is 11.9 Å². The standard InChI is InChI=1S/C17H19N5O3/c23-17(20-15-8-9-18-11-16(15)22(24)25)21-10-4-7-14(12-21)19-13-5-2-1-3-6-13/h1-3,5-6,8-9,11,14,19H,4,7,10,12H2,(H,18,20,23). The Morgan fingerprint density at radius 3 is 2.84 bits per heavy atom. The Hall–Kier alpha value is -3.16. The molecule has 8 heteroatoms. The first kappa shape index (κ1) is 16.7. The highest BCUT2D eigenvalue weighted by Gasteiger charge is 2.25. The number of rotatable bonds is 4. The number of pyridine rings is 1. The lowest BCUT2D eigenvalue weighted by molar-refractivity contribution is -0.384. The smallest absolute Gasteiger partial charge is 0.322 e. The molecule has 1 atom stereocenters. The zero-order chi connectivity index (χ0) is 17.6. The van der Waals surface area contributed by atoms with Crippen LogP contribution in [0.25, 0.3) is 0 Å². The molecule has 1 unspecified atom stereocenters. The number of likely N-dealkylation sites (tertiary alicyclic amines) is 1. The van der Waals surface area contributed by atoms with Crippen LogP contribution in [-0.4, -0.2) is 40.0 Å². The highest BCUT2D eigenvalue weighted by molar-refractivity contribution is 5.91. The van der Waals surface area contributed by atoms with E-state index >= 15 is 0 Å². The molecule has 0 saturated carbocycles. The quantitative estimate of drug-likeness (QED) is 0.657. The second-order valence-corrected chi connectivity index (χ2v) is 5.88. The summed E-state index contributed by atoms with van der Waals surface area (Å²) in [6, 6.07) is 11.1. The number of nitrogens with one attached hydrogen (secondary N) is 2. The lowest BCUT2D eigenvalue weighted by atomic mass is 10.1. The van der Waals surface area contributed by atoms with E-state index in [1.54, 1.807) is 4.90 Å². The summed E-state index contributed by atoms with van der Waals surface area (Å²) in [4.78, 5) is 28.4. The Kier molecular flexibility index (Phi) is 5.08. The summed E-state index contributed by atoms with van der Waals surface area (Å²) < 4.78 is 0. The summed E-state index contributed by atoms with van der Waals surface area (Å²) in [7, 11) is 0. The molecule has 25 heavy (non-hydrogen) atoms. The van der Waals surface area contributed by atoms with Crippen molar-refractivity contribution in [3.05, 3.63) is 58.9 Å². The molecule has 130 valence electrons. The Labute approximate surface area is 145 Å². The number of nitro groups is 1. The van der Waals surface area contributed by atoms with Gasteiger partial charge in [-0.15, -0.1) is 0 Å². The molecule has 1 aromatic carbocycles. The number of aromatic nitrogens is 1. The van der Waals surface area contributed by atoms with Gasteiger partial charge < -0.3 is 15.5 Å². The number of anilines is 2. The summed E-state index contributed by atoms with van der Waals surface area (Å²) in [5, 5.41) is 17.1. The Balaban J connectivity index is 1.63. The Morgan fingerprint density at radius 2 is 2.08 bits per heavy atom. The predicted molar refractivity (Wildman–Crippen MR) is 94.6 cm³/mol. The van der Waals surface area contributed by atoms with Crippen molar-refractivity contribution in [1.82, 2.24) is 9.88 Å². The van der Waals surface area contributed by atoms with Gasteiger partial charge in [0, 0.05) is 31.0 Å². The van der Waals surface area contributed by atoms with E-state index in [4.69, 9.17) is 0 Å². The average Bonchev–Trinajstić information content (AvgIpc) is 2.63. The number of amides is 2. The summed E-state index contributed by atoms with van der Waals surface area (Å²) in [6.07, 6.45) is 4.38. The molecule has 1 aromatic heterocycles. The van der Waals surface area contributed by atoms with E-state index in [1.807, 2.05) is 30.3 Å². The van der Waals surface area contributed by atoms with E-state index in [-0.39, 0.29) is 23.4 Å². The topological polar surface area (TPSA) is 100 Å². The molecule has 0 radical (unpaired) electrons. The molecule has 1 aliphatic rings. The first-order chi connectivity index (χ1) is 12.1. The summed E-state index contributed by atoms with van der Waals surface area (Å²) in [6.45, 7) is 1.16. The van der Waals surface area contributed by atoms with E-state index < -0.39 is 4.92 Å². The minimum absolute atomic E-state index is 0.148. The lowest BCUT2D eigenvalue weighted by Gasteiger charge is -2.33. The third kappa shape index (κ3) is 4.23. The van der Waals surface area contributed by atoms with Crippen LogP contribution in [0, 0.1) is 10.1 Å². The van der Waals surface area contributed by atoms with Crippen molar-refractivity contribution in [1.29, 1.82) is 0 Å². The summed E-state index contributed by atoms with van der Waals surface area (Å²) in [5.41, 5.74) is 0.953. The molecule has 0 aliphatic carbocycles. The van der Waals surface area contributed by atoms with Crippen molar-refractivity contribution >= 4 is 23.1 Å². The fraction of sp³-hybridized carbons (Fsp3) is 0.294. The van der Waals surface area contributed by atoms with Gasteiger partial charge in [-0.05, 0) is 31.0 Å². The maximum atomic E-state index is 12.5. The van der Waals surface area contributed by atoms with Crippen LogP contribution in [0.5, 0.6) is 0 Å². The number of piperidine rings is 1. The molecule has 2 aromatic rings. The minimum atomic E-state index is -0.557. The van der Waals surface area contributed by atoms with E-state index in [0.29, 0.717) is 13.1 Å². The molecule has 0 bridgehead atoms. The summed E-state index contributed by atoms with van der Waals surface area (Å²) >= 11 is 0. The van der Waals surface area contributed by atoms with Gasteiger partial charge in [-0.25, -0.2) is 4.79 Å². The molecular formula is C17H19N5O3. The van der Waals surface area contributed by atoms with Gasteiger partial charge in [-0.2, -0.15) is 0 Å². The van der Waals surface area contributed by atoms with Gasteiger partial charge in [0.2, 0.25) is 0 Å². The van der Waals surface area contributed by atoms with Crippen molar-refractivity contribution in [3.8, 4) is 0 Å². The number of para-hydroxylation sites is 1. The second kappa shape index (κ2) is 7.61. The Bertz CT molecular complexity index is 753. The van der Waals surface area contributed by atoms with Crippen LogP contribution in [0.1, 0.15) is 12.8 Å². The van der Waals surface area contributed by atoms with Crippen LogP contribution in [0.4, 0.5) is 21.9 Å². The number of carbonyl (C=O) groups excluding carboxylic acids is 1. The van der Waals surface area contributed by atoms with Crippen molar-refractivity contribution < 1.29 is 9.72 Å². The largest absolute Gasteiger partial charge is 0.381 e. The second-order valence-electron chi connectivity index (χ2n) is 5.88. The van der Waals surface area contributed by atoms with Crippen molar-refractivity contribution in [2.24, 2.45) is 0 Å². The zero-order valence-corrected chi connectivity index (χ0v) is 13.6. The first-order valence-electron chi connectivity index (χ1n) is 8.09. The van der Waals surface area contributed by atoms with Crippen molar-refractivity contribution in [2.75, 3.05) is 23.7 Å². The van der Waals surface area contributed by atoms with Crippen molar-refractivity contribution in [2.45, 2.75) is 18.9 Å². The predicted octanol–water partition coefficient (Wildman–Crippen LogP) is 3.10. The van der Waals surface area contributed by atoms with Crippen LogP contribution in [0.2, 0.25) is 0 Å². The van der Waals surface area contributed by atoms with Crippen LogP contribution >= 0.6 is 0 Å². The number of carbonyl (C=O) groups is 1. The minimum Gasteiger partial charge on any atom is -0.381 e. The van der Waals surface area contributed by atoms with Gasteiger partial charge in [-0.3, -0.25) is 15.1 Å². The molecule has 3 rings (SSSR count). The van der Waals surface area contributed by atoms with Gasteiger partial charge in [0.05, 0.1) is 4.92 Å². The number of benzene rings is 1. The van der Waals surface area contributed by atoms with E-state index in [1.165, 1.54) is 12.3 Å². The maximum absolute atomic E-state index is 12.5. The molecule has 1 aliphatic heterocycles. The fourth-order valence-corrected chi connectivity index (χ4v) is 2.88. The van der Waals surface area contributed by atoms with E-state index in [9.17, 15) is 14.9 Å². The van der Waals surface area contributed by atoms with Gasteiger partial charge in [-0.1, -0.05) is 18.2 Å². The van der Waals surface area contributed by atoms with Crippen molar-refractivity contribution in [3.63, 3.8) is 0 Å². The van der Waals surface area contributed by atoms with E-state index in [2.05, 4.69) is 15.6 Å². The van der Waals surface area contributed by atoms with Crippen LogP contribution < -0.4 is 10.6 Å². The normalized spacial score (nSPS) is 17.0. The highest BCUT2D eigenvalue weighted by atomic mass is 16.6. The molecular weight excluding hydrogens is 322 g/mol. The van der Waals surface area contributed by atoms with Crippen LogP contribution in [-0.2, 0) is 0 Å². The van der Waals surface area contributed by atoms with Gasteiger partial charge in [0.25, 0.3) is 0 Å². The maximum Gasteiger partial charge on any atom is 0.322 e. The lowest BCUT2D eigenvalue weighted by Crippen LogP contribution is -2.46. The average molecular weight is 341 g/mol. The molecule has 1 saturated heterocycles. The fourth-order valence-electron chi connectivity index (χ4n) is 2.88. The number of nitrogens with zero attached hydrogens (tertiary/aromatic N) is 3. The molecule has 8 nitrogen and oxygen atoms in total. The number of hydrogen-bond acceptors (Lipinski definition) is 5.